The molecule has 3 rings (SSSR count). The van der Waals surface area contributed by atoms with E-state index < -0.39 is 0 Å². The Kier molecular flexibility index (Phi) is 6.20. The first kappa shape index (κ1) is 17.6. The molecule has 0 unspecified atom stereocenters. The molecule has 1 aliphatic heterocycles. The molecule has 5 heteroatoms. The first-order valence-corrected chi connectivity index (χ1v) is 9.46. The van der Waals surface area contributed by atoms with Crippen molar-refractivity contribution < 1.29 is 4.79 Å². The molecule has 134 valence electrons. The quantitative estimate of drug-likeness (QED) is 0.776. The lowest BCUT2D eigenvalue weighted by molar-refractivity contribution is -0.132. The van der Waals surface area contributed by atoms with Crippen LogP contribution in [0.25, 0.3) is 0 Å². The van der Waals surface area contributed by atoms with Gasteiger partial charge in [-0.2, -0.15) is 0 Å². The maximum atomic E-state index is 12.6. The van der Waals surface area contributed by atoms with E-state index in [-0.39, 0.29) is 5.91 Å². The minimum atomic E-state index is 0.238. The highest BCUT2D eigenvalue weighted by atomic mass is 16.2. The predicted octanol–water partition coefficient (Wildman–Crippen LogP) is 3.42. The molecular formula is C20H28N4O. The number of aryl methyl sites for hydroxylation is 2. The van der Waals surface area contributed by atoms with Crippen LogP contribution in [0, 0.1) is 0 Å². The van der Waals surface area contributed by atoms with Crippen molar-refractivity contribution >= 4 is 5.91 Å². The second-order valence-corrected chi connectivity index (χ2v) is 6.83. The van der Waals surface area contributed by atoms with Gasteiger partial charge in [-0.25, -0.2) is 4.98 Å². The summed E-state index contributed by atoms with van der Waals surface area (Å²) in [5.74, 6) is 1.75. The van der Waals surface area contributed by atoms with E-state index in [1.165, 1.54) is 12.8 Å². The Morgan fingerprint density at radius 1 is 1.28 bits per heavy atom. The fourth-order valence-electron chi connectivity index (χ4n) is 3.55. The van der Waals surface area contributed by atoms with Crippen molar-refractivity contribution in [3.63, 3.8) is 0 Å². The van der Waals surface area contributed by atoms with Crippen LogP contribution >= 0.6 is 0 Å². The number of unbranched alkanes of at least 4 members (excludes halogenated alkanes) is 1. The lowest BCUT2D eigenvalue weighted by Crippen LogP contribution is -2.39. The molecule has 0 N–H and O–H groups in total. The van der Waals surface area contributed by atoms with Gasteiger partial charge in [0, 0.05) is 56.3 Å². The Bertz CT molecular complexity index is 667. The van der Waals surface area contributed by atoms with Crippen LogP contribution in [0.2, 0.25) is 0 Å². The molecule has 0 spiro atoms. The van der Waals surface area contributed by atoms with Gasteiger partial charge in [-0.3, -0.25) is 9.78 Å². The SMILES string of the molecule is CCCCn1ccnc1[C@H]1CCCN(C(=O)CCc2ccccn2)C1. The van der Waals surface area contributed by atoms with Crippen LogP contribution in [0.15, 0.2) is 36.8 Å². The summed E-state index contributed by atoms with van der Waals surface area (Å²) in [6, 6.07) is 5.86. The smallest absolute Gasteiger partial charge is 0.222 e. The Balaban J connectivity index is 1.57. The van der Waals surface area contributed by atoms with E-state index in [2.05, 4.69) is 27.7 Å². The minimum absolute atomic E-state index is 0.238. The summed E-state index contributed by atoms with van der Waals surface area (Å²) in [5, 5.41) is 0. The monoisotopic (exact) mass is 340 g/mol. The fraction of sp³-hybridized carbons (Fsp3) is 0.550. The summed E-state index contributed by atoms with van der Waals surface area (Å²) < 4.78 is 2.27. The number of hydrogen-bond acceptors (Lipinski definition) is 3. The maximum absolute atomic E-state index is 12.6. The number of carbonyl (C=O) groups excluding carboxylic acids is 1. The average Bonchev–Trinajstić information content (AvgIpc) is 3.14. The Morgan fingerprint density at radius 3 is 3.00 bits per heavy atom. The molecule has 0 aliphatic carbocycles. The van der Waals surface area contributed by atoms with Gasteiger partial charge in [-0.15, -0.1) is 0 Å². The number of nitrogens with zero attached hydrogens (tertiary/aromatic N) is 4. The summed E-state index contributed by atoms with van der Waals surface area (Å²) in [6.07, 6.45) is 11.5. The summed E-state index contributed by atoms with van der Waals surface area (Å²) in [6.45, 7) is 4.90. The van der Waals surface area contributed by atoms with Gasteiger partial charge in [-0.1, -0.05) is 19.4 Å². The zero-order valence-electron chi connectivity index (χ0n) is 15.1. The summed E-state index contributed by atoms with van der Waals surface area (Å²) in [5.41, 5.74) is 0.986. The number of carbonyl (C=O) groups is 1. The van der Waals surface area contributed by atoms with Crippen molar-refractivity contribution in [2.75, 3.05) is 13.1 Å². The van der Waals surface area contributed by atoms with Crippen molar-refractivity contribution in [1.82, 2.24) is 19.4 Å². The maximum Gasteiger partial charge on any atom is 0.222 e. The molecule has 1 fully saturated rings. The largest absolute Gasteiger partial charge is 0.342 e. The van der Waals surface area contributed by atoms with Crippen LogP contribution in [0.4, 0.5) is 0 Å². The molecule has 0 saturated carbocycles. The van der Waals surface area contributed by atoms with Crippen molar-refractivity contribution in [2.45, 2.75) is 57.9 Å². The molecule has 5 nitrogen and oxygen atoms in total. The minimum Gasteiger partial charge on any atom is -0.342 e. The van der Waals surface area contributed by atoms with E-state index in [9.17, 15) is 4.79 Å². The van der Waals surface area contributed by atoms with Gasteiger partial charge in [0.25, 0.3) is 0 Å². The normalized spacial score (nSPS) is 17.6. The van der Waals surface area contributed by atoms with Crippen molar-refractivity contribution in [3.05, 3.63) is 48.3 Å². The van der Waals surface area contributed by atoms with Crippen molar-refractivity contribution in [2.24, 2.45) is 0 Å². The third-order valence-electron chi connectivity index (χ3n) is 4.96. The zero-order chi connectivity index (χ0) is 17.5. The molecule has 0 aromatic carbocycles. The van der Waals surface area contributed by atoms with E-state index in [4.69, 9.17) is 0 Å². The molecule has 1 saturated heterocycles. The lowest BCUT2D eigenvalue weighted by Gasteiger charge is -2.33. The molecule has 2 aromatic rings. The highest BCUT2D eigenvalue weighted by molar-refractivity contribution is 5.76. The van der Waals surface area contributed by atoms with Gasteiger partial charge in [0.2, 0.25) is 5.91 Å². The third-order valence-corrected chi connectivity index (χ3v) is 4.96. The van der Waals surface area contributed by atoms with Gasteiger partial charge in [0.15, 0.2) is 0 Å². The van der Waals surface area contributed by atoms with Gasteiger partial charge in [-0.05, 0) is 37.8 Å². The Morgan fingerprint density at radius 2 is 2.20 bits per heavy atom. The summed E-state index contributed by atoms with van der Waals surface area (Å²) in [7, 11) is 0. The zero-order valence-corrected chi connectivity index (χ0v) is 15.1. The number of aromatic nitrogens is 3. The van der Waals surface area contributed by atoms with Gasteiger partial charge in [0.1, 0.15) is 5.82 Å². The van der Waals surface area contributed by atoms with Gasteiger partial charge < -0.3 is 9.47 Å². The molecule has 1 atom stereocenters. The summed E-state index contributed by atoms with van der Waals surface area (Å²) >= 11 is 0. The Hall–Kier alpha value is -2.17. The predicted molar refractivity (Wildman–Crippen MR) is 98.2 cm³/mol. The second kappa shape index (κ2) is 8.79. The second-order valence-electron chi connectivity index (χ2n) is 6.83. The lowest BCUT2D eigenvalue weighted by atomic mass is 9.96. The molecule has 0 bridgehead atoms. The van der Waals surface area contributed by atoms with E-state index in [0.717, 1.165) is 44.0 Å². The topological polar surface area (TPSA) is 51.0 Å². The number of amides is 1. The van der Waals surface area contributed by atoms with E-state index in [1.54, 1.807) is 6.20 Å². The highest BCUT2D eigenvalue weighted by Crippen LogP contribution is 2.26. The molecule has 1 aliphatic rings. The van der Waals surface area contributed by atoms with Gasteiger partial charge in [0.05, 0.1) is 0 Å². The van der Waals surface area contributed by atoms with E-state index >= 15 is 0 Å². The number of pyridine rings is 1. The standard InChI is InChI=1S/C20H28N4O/c1-2-3-13-23-15-12-22-20(23)17-7-6-14-24(16-17)19(25)10-9-18-8-4-5-11-21-18/h4-5,8,11-12,15,17H,2-3,6-7,9-10,13-14,16H2,1H3/t17-/m0/s1. The van der Waals surface area contributed by atoms with Crippen LogP contribution in [-0.4, -0.2) is 38.4 Å². The van der Waals surface area contributed by atoms with Crippen LogP contribution in [0.1, 0.15) is 56.5 Å². The molecule has 1 amide bonds. The third kappa shape index (κ3) is 4.68. The average molecular weight is 340 g/mol. The molecule has 0 radical (unpaired) electrons. The number of hydrogen-bond donors (Lipinski definition) is 0. The number of imidazole rings is 1. The fourth-order valence-corrected chi connectivity index (χ4v) is 3.55. The van der Waals surface area contributed by atoms with Crippen molar-refractivity contribution in [1.29, 1.82) is 0 Å². The van der Waals surface area contributed by atoms with Gasteiger partial charge >= 0.3 is 0 Å². The molecule has 3 heterocycles. The molecule has 25 heavy (non-hydrogen) atoms. The number of piperidine rings is 1. The van der Waals surface area contributed by atoms with Crippen LogP contribution in [0.5, 0.6) is 0 Å². The van der Waals surface area contributed by atoms with E-state index in [1.807, 2.05) is 29.3 Å². The Labute approximate surface area is 150 Å². The van der Waals surface area contributed by atoms with Crippen LogP contribution in [-0.2, 0) is 17.8 Å². The van der Waals surface area contributed by atoms with Crippen LogP contribution < -0.4 is 0 Å². The van der Waals surface area contributed by atoms with E-state index in [0.29, 0.717) is 18.8 Å². The van der Waals surface area contributed by atoms with Crippen molar-refractivity contribution in [3.8, 4) is 0 Å². The highest BCUT2D eigenvalue weighted by Gasteiger charge is 2.27. The first-order chi connectivity index (χ1) is 12.3. The van der Waals surface area contributed by atoms with Crippen LogP contribution in [0.3, 0.4) is 0 Å². The summed E-state index contributed by atoms with van der Waals surface area (Å²) in [4.78, 5) is 23.5. The molecule has 2 aromatic heterocycles. The molecular weight excluding hydrogens is 312 g/mol. The first-order valence-electron chi connectivity index (χ1n) is 9.46. The number of likely N-dealkylation sites (tertiary alicyclic amines) is 1. The number of rotatable bonds is 7.